The van der Waals surface area contributed by atoms with Crippen molar-refractivity contribution < 1.29 is 15.0 Å². The van der Waals surface area contributed by atoms with Gasteiger partial charge < -0.3 is 10.2 Å². The van der Waals surface area contributed by atoms with E-state index >= 15 is 0 Å². The van der Waals surface area contributed by atoms with E-state index < -0.39 is 11.9 Å². The van der Waals surface area contributed by atoms with E-state index in [1.54, 1.807) is 26.0 Å². The number of hydrogen-bond acceptors (Lipinski definition) is 2. The minimum atomic E-state index is -0.908. The number of hydrogen-bond donors (Lipinski definition) is 2. The van der Waals surface area contributed by atoms with Crippen LogP contribution in [0.15, 0.2) is 16.6 Å². The SMILES string of the molecule is CCC(C(=O)O)c1c(C)ccc(Br)c1O. The second-order valence-corrected chi connectivity index (χ2v) is 4.28. The molecule has 0 radical (unpaired) electrons. The number of carbonyl (C=O) groups is 1. The van der Waals surface area contributed by atoms with E-state index in [4.69, 9.17) is 5.11 Å². The van der Waals surface area contributed by atoms with Gasteiger partial charge in [0.15, 0.2) is 0 Å². The molecule has 0 aliphatic rings. The first-order valence-corrected chi connectivity index (χ1v) is 5.49. The number of carboxylic acid groups (broad SMARTS) is 1. The maximum absolute atomic E-state index is 11.0. The fourth-order valence-corrected chi connectivity index (χ4v) is 1.97. The Hall–Kier alpha value is -1.03. The van der Waals surface area contributed by atoms with Gasteiger partial charge in [-0.25, -0.2) is 0 Å². The molecule has 2 N–H and O–H groups in total. The van der Waals surface area contributed by atoms with Crippen molar-refractivity contribution in [2.24, 2.45) is 0 Å². The molecule has 0 aliphatic carbocycles. The summed E-state index contributed by atoms with van der Waals surface area (Å²) < 4.78 is 0.530. The lowest BCUT2D eigenvalue weighted by molar-refractivity contribution is -0.138. The van der Waals surface area contributed by atoms with Crippen LogP contribution in [0.4, 0.5) is 0 Å². The molecule has 0 fully saturated rings. The molecule has 15 heavy (non-hydrogen) atoms. The van der Waals surface area contributed by atoms with Crippen LogP contribution in [-0.2, 0) is 4.79 Å². The maximum atomic E-state index is 11.0. The highest BCUT2D eigenvalue weighted by Gasteiger charge is 2.23. The molecule has 0 bridgehead atoms. The molecule has 0 spiro atoms. The van der Waals surface area contributed by atoms with Gasteiger partial charge in [-0.1, -0.05) is 13.0 Å². The second kappa shape index (κ2) is 4.66. The van der Waals surface area contributed by atoms with Crippen LogP contribution in [0.5, 0.6) is 5.75 Å². The van der Waals surface area contributed by atoms with E-state index in [2.05, 4.69) is 15.9 Å². The molecule has 4 heteroatoms. The van der Waals surface area contributed by atoms with Gasteiger partial charge in [-0.2, -0.15) is 0 Å². The maximum Gasteiger partial charge on any atom is 0.311 e. The third kappa shape index (κ3) is 2.31. The number of phenolic OH excluding ortho intramolecular Hbond substituents is 1. The molecule has 3 nitrogen and oxygen atoms in total. The Kier molecular flexibility index (Phi) is 3.74. The minimum Gasteiger partial charge on any atom is -0.506 e. The van der Waals surface area contributed by atoms with Crippen molar-refractivity contribution in [3.05, 3.63) is 27.7 Å². The first-order chi connectivity index (χ1) is 6.99. The van der Waals surface area contributed by atoms with E-state index in [9.17, 15) is 9.90 Å². The summed E-state index contributed by atoms with van der Waals surface area (Å²) in [6.07, 6.45) is 0.459. The zero-order chi connectivity index (χ0) is 11.6. The summed E-state index contributed by atoms with van der Waals surface area (Å²) in [5.74, 6) is -1.53. The van der Waals surface area contributed by atoms with Crippen molar-refractivity contribution in [2.45, 2.75) is 26.2 Å². The monoisotopic (exact) mass is 272 g/mol. The van der Waals surface area contributed by atoms with Gasteiger partial charge in [0.2, 0.25) is 0 Å². The lowest BCUT2D eigenvalue weighted by Crippen LogP contribution is -2.12. The summed E-state index contributed by atoms with van der Waals surface area (Å²) in [6, 6.07) is 3.51. The first-order valence-electron chi connectivity index (χ1n) is 4.69. The number of benzene rings is 1. The molecule has 0 saturated heterocycles. The van der Waals surface area contributed by atoms with Gasteiger partial charge in [-0.05, 0) is 40.9 Å². The average Bonchev–Trinajstić information content (AvgIpc) is 2.18. The zero-order valence-electron chi connectivity index (χ0n) is 8.62. The lowest BCUT2D eigenvalue weighted by atomic mass is 9.92. The predicted octanol–water partition coefficient (Wildman–Crippen LogP) is 3.04. The van der Waals surface area contributed by atoms with Crippen LogP contribution in [0.2, 0.25) is 0 Å². The molecule has 1 atom stereocenters. The highest BCUT2D eigenvalue weighted by Crippen LogP contribution is 2.36. The van der Waals surface area contributed by atoms with Gasteiger partial charge in [0, 0.05) is 5.56 Å². The Balaban J connectivity index is 3.34. The summed E-state index contributed by atoms with van der Waals surface area (Å²) in [4.78, 5) is 11.0. The molecule has 82 valence electrons. The highest BCUT2D eigenvalue weighted by atomic mass is 79.9. The second-order valence-electron chi connectivity index (χ2n) is 3.43. The number of aromatic hydroxyl groups is 1. The van der Waals surface area contributed by atoms with Gasteiger partial charge >= 0.3 is 5.97 Å². The van der Waals surface area contributed by atoms with Crippen molar-refractivity contribution in [3.8, 4) is 5.75 Å². The van der Waals surface area contributed by atoms with Gasteiger partial charge in [-0.3, -0.25) is 4.79 Å². The Bertz CT molecular complexity index is 388. The van der Waals surface area contributed by atoms with Gasteiger partial charge in [0.1, 0.15) is 5.75 Å². The third-order valence-electron chi connectivity index (χ3n) is 2.44. The van der Waals surface area contributed by atoms with Crippen LogP contribution in [0.3, 0.4) is 0 Å². The Morgan fingerprint density at radius 3 is 2.60 bits per heavy atom. The number of aliphatic carboxylic acids is 1. The Morgan fingerprint density at radius 1 is 1.53 bits per heavy atom. The van der Waals surface area contributed by atoms with Crippen LogP contribution < -0.4 is 0 Å². The number of carboxylic acids is 1. The van der Waals surface area contributed by atoms with Crippen LogP contribution in [-0.4, -0.2) is 16.2 Å². The lowest BCUT2D eigenvalue weighted by Gasteiger charge is -2.15. The Morgan fingerprint density at radius 2 is 2.13 bits per heavy atom. The van der Waals surface area contributed by atoms with Gasteiger partial charge in [0.25, 0.3) is 0 Å². The average molecular weight is 273 g/mol. The van der Waals surface area contributed by atoms with Crippen molar-refractivity contribution in [2.75, 3.05) is 0 Å². The van der Waals surface area contributed by atoms with E-state index in [0.29, 0.717) is 16.5 Å². The van der Waals surface area contributed by atoms with Crippen LogP contribution in [0, 0.1) is 6.92 Å². The molecule has 1 aromatic rings. The minimum absolute atomic E-state index is 0.0317. The summed E-state index contributed by atoms with van der Waals surface area (Å²) in [5.41, 5.74) is 1.30. The molecular formula is C11H13BrO3. The third-order valence-corrected chi connectivity index (χ3v) is 3.08. The van der Waals surface area contributed by atoms with Crippen molar-refractivity contribution in [1.82, 2.24) is 0 Å². The smallest absolute Gasteiger partial charge is 0.311 e. The first kappa shape index (κ1) is 12.0. The quantitative estimate of drug-likeness (QED) is 0.889. The van der Waals surface area contributed by atoms with Gasteiger partial charge in [-0.15, -0.1) is 0 Å². The van der Waals surface area contributed by atoms with Crippen LogP contribution in [0.25, 0.3) is 0 Å². The van der Waals surface area contributed by atoms with Crippen LogP contribution in [0.1, 0.15) is 30.4 Å². The number of phenols is 1. The molecule has 0 aromatic heterocycles. The Labute approximate surface area is 96.9 Å². The number of rotatable bonds is 3. The molecule has 1 unspecified atom stereocenters. The summed E-state index contributed by atoms with van der Waals surface area (Å²) in [7, 11) is 0. The van der Waals surface area contributed by atoms with Crippen molar-refractivity contribution in [3.63, 3.8) is 0 Å². The molecule has 0 heterocycles. The van der Waals surface area contributed by atoms with Crippen molar-refractivity contribution in [1.29, 1.82) is 0 Å². The molecular weight excluding hydrogens is 260 g/mol. The molecule has 0 amide bonds. The predicted molar refractivity (Wildman–Crippen MR) is 61.2 cm³/mol. The normalized spacial score (nSPS) is 12.5. The number of halogens is 1. The fraction of sp³-hybridized carbons (Fsp3) is 0.364. The van der Waals surface area contributed by atoms with Crippen LogP contribution >= 0.6 is 15.9 Å². The van der Waals surface area contributed by atoms with E-state index in [1.807, 2.05) is 0 Å². The highest BCUT2D eigenvalue weighted by molar-refractivity contribution is 9.10. The largest absolute Gasteiger partial charge is 0.506 e. The number of aryl methyl sites for hydroxylation is 1. The standard InChI is InChI=1S/C11H13BrO3/c1-3-7(11(14)15)9-6(2)4-5-8(12)10(9)13/h4-5,7,13H,3H2,1-2H3,(H,14,15). The molecule has 0 saturated carbocycles. The summed E-state index contributed by atoms with van der Waals surface area (Å²) in [5, 5.41) is 18.9. The van der Waals surface area contributed by atoms with E-state index in [0.717, 1.165) is 5.56 Å². The topological polar surface area (TPSA) is 57.5 Å². The zero-order valence-corrected chi connectivity index (χ0v) is 10.2. The molecule has 0 aliphatic heterocycles. The summed E-state index contributed by atoms with van der Waals surface area (Å²) in [6.45, 7) is 3.59. The molecule has 1 aromatic carbocycles. The fourth-order valence-electron chi connectivity index (χ4n) is 1.62. The van der Waals surface area contributed by atoms with Gasteiger partial charge in [0.05, 0.1) is 10.4 Å². The molecule has 1 rings (SSSR count). The van der Waals surface area contributed by atoms with E-state index in [1.165, 1.54) is 0 Å². The van der Waals surface area contributed by atoms with Crippen molar-refractivity contribution >= 4 is 21.9 Å². The summed E-state index contributed by atoms with van der Waals surface area (Å²) >= 11 is 3.18. The van der Waals surface area contributed by atoms with E-state index in [-0.39, 0.29) is 5.75 Å².